The Morgan fingerprint density at radius 2 is 1.60 bits per heavy atom. The molecule has 0 radical (unpaired) electrons. The first-order valence-corrected chi connectivity index (χ1v) is 9.51. The number of rotatable bonds is 9. The average molecular weight is 363 g/mol. The van der Waals surface area contributed by atoms with Crippen LogP contribution in [0.15, 0.2) is 54.6 Å². The summed E-state index contributed by atoms with van der Waals surface area (Å²) in [5.41, 5.74) is 3.03. The molecule has 1 atom stereocenters. The molecule has 0 saturated heterocycles. The lowest BCUT2D eigenvalue weighted by Crippen LogP contribution is -2.39. The molecule has 0 aromatic heterocycles. The predicted molar refractivity (Wildman–Crippen MR) is 96.6 cm³/mol. The molecule has 0 saturated carbocycles. The van der Waals surface area contributed by atoms with Gasteiger partial charge in [-0.15, -0.1) is 0 Å². The fourth-order valence-corrected chi connectivity index (χ4v) is 3.22. The number of hydrogen-bond donors (Lipinski definition) is 2. The fourth-order valence-electron chi connectivity index (χ4n) is 2.37. The van der Waals surface area contributed by atoms with Gasteiger partial charge in [0.1, 0.15) is 6.04 Å². The molecule has 0 bridgehead atoms. The molecular weight excluding hydrogens is 341 g/mol. The monoisotopic (exact) mass is 363 g/mol. The van der Waals surface area contributed by atoms with Crippen molar-refractivity contribution < 1.29 is 23.5 Å². The number of benzene rings is 2. The topological polar surface area (TPSA) is 84.9 Å². The molecular formula is C18H22NO5P. The Hall–Kier alpha value is -1.98. The van der Waals surface area contributed by atoms with Crippen molar-refractivity contribution in [1.82, 2.24) is 5.32 Å². The normalized spacial score (nSPS) is 12.7. The molecule has 0 amide bonds. The van der Waals surface area contributed by atoms with Crippen molar-refractivity contribution in [3.05, 3.63) is 60.2 Å². The van der Waals surface area contributed by atoms with Crippen LogP contribution in [-0.2, 0) is 24.8 Å². The molecule has 134 valence electrons. The third-order valence-corrected chi connectivity index (χ3v) is 5.57. The van der Waals surface area contributed by atoms with Gasteiger partial charge in [-0.3, -0.25) is 14.7 Å². The first-order valence-electron chi connectivity index (χ1n) is 7.78. The van der Waals surface area contributed by atoms with Gasteiger partial charge in [-0.05, 0) is 23.1 Å². The zero-order valence-electron chi connectivity index (χ0n) is 14.2. The van der Waals surface area contributed by atoms with Gasteiger partial charge < -0.3 is 14.2 Å². The minimum Gasteiger partial charge on any atom is -0.480 e. The van der Waals surface area contributed by atoms with Crippen LogP contribution < -0.4 is 5.32 Å². The lowest BCUT2D eigenvalue weighted by Gasteiger charge is -2.19. The standard InChI is InChI=1S/C18H22NO5P/c1-23-25(22,24-2)13-19-17(18(20)21)12-14-8-10-16(11-9-14)15-6-4-3-5-7-15/h3-11,17,19H,12-13H2,1-2H3,(H,20,21). The summed E-state index contributed by atoms with van der Waals surface area (Å²) in [6.45, 7) is 0. The summed E-state index contributed by atoms with van der Waals surface area (Å²) in [6, 6.07) is 16.7. The highest BCUT2D eigenvalue weighted by atomic mass is 31.2. The Morgan fingerprint density at radius 3 is 2.12 bits per heavy atom. The Kier molecular flexibility index (Phi) is 6.91. The summed E-state index contributed by atoms with van der Waals surface area (Å²) in [4.78, 5) is 11.5. The maximum absolute atomic E-state index is 12.0. The number of carbonyl (C=O) groups is 1. The smallest absolute Gasteiger partial charge is 0.343 e. The van der Waals surface area contributed by atoms with Crippen molar-refractivity contribution in [2.75, 3.05) is 20.5 Å². The van der Waals surface area contributed by atoms with Crippen LogP contribution in [0, 0.1) is 0 Å². The van der Waals surface area contributed by atoms with Crippen LogP contribution >= 0.6 is 7.60 Å². The zero-order valence-corrected chi connectivity index (χ0v) is 15.1. The van der Waals surface area contributed by atoms with Crippen molar-refractivity contribution in [2.45, 2.75) is 12.5 Å². The molecule has 2 aromatic carbocycles. The second-order valence-electron chi connectivity index (χ2n) is 5.50. The molecule has 6 nitrogen and oxygen atoms in total. The zero-order chi connectivity index (χ0) is 18.3. The van der Waals surface area contributed by atoms with E-state index in [1.165, 1.54) is 14.2 Å². The number of carboxylic acids is 1. The average Bonchev–Trinajstić information content (AvgIpc) is 2.66. The van der Waals surface area contributed by atoms with Gasteiger partial charge in [0.2, 0.25) is 0 Å². The highest BCUT2D eigenvalue weighted by Crippen LogP contribution is 2.44. The van der Waals surface area contributed by atoms with Crippen molar-refractivity contribution in [1.29, 1.82) is 0 Å². The second-order valence-corrected chi connectivity index (χ2v) is 7.76. The van der Waals surface area contributed by atoms with Gasteiger partial charge in [0.15, 0.2) is 0 Å². The Bertz CT molecular complexity index is 725. The van der Waals surface area contributed by atoms with Crippen LogP contribution in [0.4, 0.5) is 0 Å². The number of hydrogen-bond acceptors (Lipinski definition) is 5. The highest BCUT2D eigenvalue weighted by molar-refractivity contribution is 7.53. The summed E-state index contributed by atoms with van der Waals surface area (Å²) in [6.07, 6.45) is 0.0941. The van der Waals surface area contributed by atoms with E-state index in [9.17, 15) is 14.5 Å². The predicted octanol–water partition coefficient (Wildman–Crippen LogP) is 3.38. The number of nitrogens with one attached hydrogen (secondary N) is 1. The number of carboxylic acid groups (broad SMARTS) is 1. The molecule has 0 aliphatic rings. The van der Waals surface area contributed by atoms with Gasteiger partial charge in [-0.2, -0.15) is 0 Å². The first kappa shape index (κ1) is 19.3. The van der Waals surface area contributed by atoms with Gasteiger partial charge >= 0.3 is 13.6 Å². The maximum atomic E-state index is 12.0. The fraction of sp³-hybridized carbons (Fsp3) is 0.278. The summed E-state index contributed by atoms with van der Waals surface area (Å²) >= 11 is 0. The summed E-state index contributed by atoms with van der Waals surface area (Å²) < 4.78 is 21.7. The Morgan fingerprint density at radius 1 is 1.04 bits per heavy atom. The van der Waals surface area contributed by atoms with Crippen LogP contribution in [0.1, 0.15) is 5.56 Å². The van der Waals surface area contributed by atoms with Gasteiger partial charge in [0, 0.05) is 14.2 Å². The Labute approximate surface area is 147 Å². The maximum Gasteiger partial charge on any atom is 0.343 e. The molecule has 25 heavy (non-hydrogen) atoms. The van der Waals surface area contributed by atoms with Crippen LogP contribution in [0.25, 0.3) is 11.1 Å². The minimum absolute atomic E-state index is 0.168. The van der Waals surface area contributed by atoms with Gasteiger partial charge in [-0.1, -0.05) is 54.6 Å². The molecule has 1 unspecified atom stereocenters. The molecule has 7 heteroatoms. The quantitative estimate of drug-likeness (QED) is 0.665. The van der Waals surface area contributed by atoms with E-state index in [2.05, 4.69) is 5.32 Å². The largest absolute Gasteiger partial charge is 0.480 e. The van der Waals surface area contributed by atoms with E-state index in [-0.39, 0.29) is 12.7 Å². The van der Waals surface area contributed by atoms with Gasteiger partial charge in [0.05, 0.1) is 6.29 Å². The lowest BCUT2D eigenvalue weighted by atomic mass is 10.0. The number of aliphatic carboxylic acids is 1. The molecule has 0 heterocycles. The van der Waals surface area contributed by atoms with Gasteiger partial charge in [0.25, 0.3) is 0 Å². The minimum atomic E-state index is -3.30. The SMILES string of the molecule is COP(=O)(CNC(Cc1ccc(-c2ccccc2)cc1)C(=O)O)OC. The van der Waals surface area contributed by atoms with Crippen LogP contribution in [0.3, 0.4) is 0 Å². The van der Waals surface area contributed by atoms with E-state index in [0.717, 1.165) is 16.7 Å². The van der Waals surface area contributed by atoms with E-state index >= 15 is 0 Å². The molecule has 0 aliphatic carbocycles. The molecule has 0 fully saturated rings. The summed E-state index contributed by atoms with van der Waals surface area (Å²) in [5.74, 6) is -1.02. The Balaban J connectivity index is 2.04. The van der Waals surface area contributed by atoms with Gasteiger partial charge in [-0.25, -0.2) is 0 Å². The summed E-state index contributed by atoms with van der Waals surface area (Å²) in [5, 5.41) is 12.1. The van der Waals surface area contributed by atoms with E-state index in [1.807, 2.05) is 54.6 Å². The van der Waals surface area contributed by atoms with Crippen LogP contribution in [0.5, 0.6) is 0 Å². The van der Waals surface area contributed by atoms with E-state index in [1.54, 1.807) is 0 Å². The molecule has 2 N–H and O–H groups in total. The molecule has 2 aromatic rings. The van der Waals surface area contributed by atoms with Crippen molar-refractivity contribution in [3.63, 3.8) is 0 Å². The van der Waals surface area contributed by atoms with Crippen LogP contribution in [0.2, 0.25) is 0 Å². The second kappa shape index (κ2) is 8.92. The van der Waals surface area contributed by atoms with Crippen molar-refractivity contribution >= 4 is 13.6 Å². The third-order valence-electron chi connectivity index (χ3n) is 3.89. The lowest BCUT2D eigenvalue weighted by molar-refractivity contribution is -0.139. The van der Waals surface area contributed by atoms with E-state index in [4.69, 9.17) is 9.05 Å². The first-order chi connectivity index (χ1) is 12.0. The molecule has 2 rings (SSSR count). The third kappa shape index (κ3) is 5.51. The molecule has 0 spiro atoms. The van der Waals surface area contributed by atoms with Crippen molar-refractivity contribution in [3.8, 4) is 11.1 Å². The van der Waals surface area contributed by atoms with Crippen molar-refractivity contribution in [2.24, 2.45) is 0 Å². The van der Waals surface area contributed by atoms with E-state index in [0.29, 0.717) is 0 Å². The van der Waals surface area contributed by atoms with E-state index < -0.39 is 19.6 Å². The molecule has 0 aliphatic heterocycles. The highest BCUT2D eigenvalue weighted by Gasteiger charge is 2.25. The summed E-state index contributed by atoms with van der Waals surface area (Å²) in [7, 11) is -0.766. The van der Waals surface area contributed by atoms with Crippen LogP contribution in [-0.4, -0.2) is 37.6 Å².